The maximum Gasteiger partial charge on any atom is 0.239 e. The third-order valence-corrected chi connectivity index (χ3v) is 6.81. The fourth-order valence-electron chi connectivity index (χ4n) is 5.67. The number of carbonyl (C=O) groups excluding carboxylic acids is 2. The summed E-state index contributed by atoms with van der Waals surface area (Å²) in [6, 6.07) is 8.41. The van der Waals surface area contributed by atoms with E-state index in [2.05, 4.69) is 11.4 Å². The molecule has 0 aromatic heterocycles. The minimum Gasteiger partial charge on any atom is -0.500 e. The van der Waals surface area contributed by atoms with Crippen LogP contribution in [0.2, 0.25) is 0 Å². The lowest BCUT2D eigenvalue weighted by atomic mass is 9.72. The van der Waals surface area contributed by atoms with Crippen molar-refractivity contribution in [2.45, 2.75) is 37.3 Å². The number of hydrogen-bond acceptors (Lipinski definition) is 4. The maximum atomic E-state index is 13.3. The summed E-state index contributed by atoms with van der Waals surface area (Å²) in [6.07, 6.45) is 3.24. The lowest BCUT2D eigenvalue weighted by Gasteiger charge is -2.41. The Morgan fingerprint density at radius 3 is 2.96 bits per heavy atom. The molecule has 2 saturated heterocycles. The number of piperidine rings is 1. The first kappa shape index (κ1) is 15.1. The molecule has 25 heavy (non-hydrogen) atoms. The van der Waals surface area contributed by atoms with Gasteiger partial charge in [0.2, 0.25) is 5.91 Å². The largest absolute Gasteiger partial charge is 0.500 e. The van der Waals surface area contributed by atoms with Gasteiger partial charge in [-0.25, -0.2) is 0 Å². The summed E-state index contributed by atoms with van der Waals surface area (Å²) in [6.45, 7) is 2.23. The molecule has 5 nitrogen and oxygen atoms in total. The van der Waals surface area contributed by atoms with E-state index < -0.39 is 5.41 Å². The molecule has 4 heterocycles. The van der Waals surface area contributed by atoms with Crippen molar-refractivity contribution in [3.8, 4) is 0 Å². The molecule has 2 bridgehead atoms. The van der Waals surface area contributed by atoms with Gasteiger partial charge in [-0.05, 0) is 37.3 Å². The number of fused-ring (bicyclic) bond motifs is 7. The number of likely N-dealkylation sites (N-methyl/N-ethyl adjacent to an activating group) is 1. The Morgan fingerprint density at radius 1 is 1.36 bits per heavy atom. The number of anilines is 1. The summed E-state index contributed by atoms with van der Waals surface area (Å²) >= 11 is 0. The molecule has 1 aromatic rings. The third kappa shape index (κ3) is 1.77. The number of rotatable bonds is 1. The predicted molar refractivity (Wildman–Crippen MR) is 93.2 cm³/mol. The Morgan fingerprint density at radius 2 is 2.16 bits per heavy atom. The number of nitrogens with one attached hydrogen (secondary N) is 1. The minimum absolute atomic E-state index is 0.0678. The summed E-state index contributed by atoms with van der Waals surface area (Å²) in [4.78, 5) is 27.2. The highest BCUT2D eigenvalue weighted by molar-refractivity contribution is 6.08. The molecule has 0 saturated carbocycles. The fraction of sp³-hybridized carbons (Fsp3) is 0.500. The molecular formula is C20H22N2O3. The first-order valence-corrected chi connectivity index (χ1v) is 9.00. The number of ketones is 1. The van der Waals surface area contributed by atoms with Crippen LogP contribution in [0.3, 0.4) is 0 Å². The maximum absolute atomic E-state index is 13.3. The van der Waals surface area contributed by atoms with Crippen LogP contribution >= 0.6 is 0 Å². The van der Waals surface area contributed by atoms with Crippen molar-refractivity contribution in [3.63, 3.8) is 0 Å². The second-order valence-corrected chi connectivity index (χ2v) is 7.85. The van der Waals surface area contributed by atoms with Gasteiger partial charge in [-0.3, -0.25) is 9.59 Å². The van der Waals surface area contributed by atoms with Gasteiger partial charge < -0.3 is 15.0 Å². The van der Waals surface area contributed by atoms with Crippen LogP contribution in [0.1, 0.15) is 25.3 Å². The van der Waals surface area contributed by atoms with Crippen LogP contribution < -0.4 is 10.2 Å². The number of ether oxygens (including phenoxy) is 1. The number of hydrogen-bond donors (Lipinski definition) is 1. The van der Waals surface area contributed by atoms with Crippen LogP contribution in [0.15, 0.2) is 36.1 Å². The molecule has 5 unspecified atom stereocenters. The molecule has 5 rings (SSSR count). The van der Waals surface area contributed by atoms with Crippen molar-refractivity contribution < 1.29 is 14.3 Å². The van der Waals surface area contributed by atoms with E-state index in [9.17, 15) is 9.59 Å². The van der Waals surface area contributed by atoms with Gasteiger partial charge in [0.1, 0.15) is 0 Å². The smallest absolute Gasteiger partial charge is 0.239 e. The van der Waals surface area contributed by atoms with E-state index in [-0.39, 0.29) is 35.6 Å². The molecule has 0 radical (unpaired) electrons. The number of benzene rings is 1. The van der Waals surface area contributed by atoms with Crippen molar-refractivity contribution in [2.24, 2.45) is 11.8 Å². The summed E-state index contributed by atoms with van der Waals surface area (Å²) in [5.74, 6) is 0.708. The van der Waals surface area contributed by atoms with E-state index in [0.29, 0.717) is 6.61 Å². The predicted octanol–water partition coefficient (Wildman–Crippen LogP) is 1.77. The molecule has 5 heteroatoms. The SMILES string of the molecule is CC(=O)C1=COCC2C3CC4(C(=O)N(C)c5ccccc54)C(CC12)N3. The average Bonchev–Trinajstić information content (AvgIpc) is 3.04. The molecule has 1 N–H and O–H groups in total. The van der Waals surface area contributed by atoms with Crippen molar-refractivity contribution in [1.82, 2.24) is 5.32 Å². The topological polar surface area (TPSA) is 58.6 Å². The number of amides is 1. The summed E-state index contributed by atoms with van der Waals surface area (Å²) in [7, 11) is 1.87. The van der Waals surface area contributed by atoms with Gasteiger partial charge in [-0.15, -0.1) is 0 Å². The van der Waals surface area contributed by atoms with E-state index in [1.165, 1.54) is 0 Å². The van der Waals surface area contributed by atoms with Gasteiger partial charge >= 0.3 is 0 Å². The van der Waals surface area contributed by atoms with E-state index in [4.69, 9.17) is 4.74 Å². The summed E-state index contributed by atoms with van der Waals surface area (Å²) in [5.41, 5.74) is 2.44. The van der Waals surface area contributed by atoms with Crippen LogP contribution in [-0.2, 0) is 19.7 Å². The van der Waals surface area contributed by atoms with Gasteiger partial charge in [0.25, 0.3) is 0 Å². The minimum atomic E-state index is -0.505. The van der Waals surface area contributed by atoms with E-state index in [0.717, 1.165) is 29.7 Å². The molecule has 0 aliphatic carbocycles. The highest BCUT2D eigenvalue weighted by atomic mass is 16.5. The van der Waals surface area contributed by atoms with Crippen LogP contribution in [0, 0.1) is 11.8 Å². The second kappa shape index (κ2) is 4.94. The van der Waals surface area contributed by atoms with Crippen molar-refractivity contribution in [2.75, 3.05) is 18.6 Å². The first-order valence-electron chi connectivity index (χ1n) is 9.00. The molecule has 5 atom stereocenters. The zero-order valence-corrected chi connectivity index (χ0v) is 14.5. The second-order valence-electron chi connectivity index (χ2n) is 7.85. The van der Waals surface area contributed by atoms with Gasteiger partial charge in [-0.2, -0.15) is 0 Å². The Kier molecular flexibility index (Phi) is 2.99. The summed E-state index contributed by atoms with van der Waals surface area (Å²) < 4.78 is 5.61. The van der Waals surface area contributed by atoms with Gasteiger partial charge in [0.15, 0.2) is 5.78 Å². The monoisotopic (exact) mass is 338 g/mol. The molecule has 1 amide bonds. The van der Waals surface area contributed by atoms with E-state index in [1.807, 2.05) is 25.2 Å². The normalized spacial score (nSPS) is 38.2. The lowest BCUT2D eigenvalue weighted by Crippen LogP contribution is -2.53. The van der Waals surface area contributed by atoms with Crippen molar-refractivity contribution in [3.05, 3.63) is 41.7 Å². The molecule has 2 fully saturated rings. The van der Waals surface area contributed by atoms with Crippen LogP contribution in [0.4, 0.5) is 5.69 Å². The molecule has 4 aliphatic heterocycles. The number of carbonyl (C=O) groups is 2. The Bertz CT molecular complexity index is 817. The highest BCUT2D eigenvalue weighted by Crippen LogP contribution is 2.55. The lowest BCUT2D eigenvalue weighted by molar-refractivity contribution is -0.123. The van der Waals surface area contributed by atoms with Gasteiger partial charge in [0, 0.05) is 36.3 Å². The molecular weight excluding hydrogens is 316 g/mol. The molecule has 1 aromatic carbocycles. The quantitative estimate of drug-likeness (QED) is 0.848. The highest BCUT2D eigenvalue weighted by Gasteiger charge is 2.63. The first-order chi connectivity index (χ1) is 12.0. The Balaban J connectivity index is 1.61. The standard InChI is InChI=1S/C20H22N2O3/c1-11(23)13-9-25-10-14-12(13)7-18-20(8-16(14)21-18)15-5-3-4-6-17(15)22(2)19(20)24/h3-6,9,12,14,16,18,21H,7-8,10H2,1-2H3. The Labute approximate surface area is 147 Å². The molecule has 130 valence electrons. The zero-order chi connectivity index (χ0) is 17.3. The summed E-state index contributed by atoms with van der Waals surface area (Å²) in [5, 5.41) is 3.71. The fourth-order valence-corrected chi connectivity index (χ4v) is 5.67. The average molecular weight is 338 g/mol. The van der Waals surface area contributed by atoms with Crippen LogP contribution in [0.25, 0.3) is 0 Å². The number of para-hydroxylation sites is 1. The van der Waals surface area contributed by atoms with E-state index in [1.54, 1.807) is 18.1 Å². The molecule has 4 aliphatic rings. The number of allylic oxidation sites excluding steroid dienone is 1. The zero-order valence-electron chi connectivity index (χ0n) is 14.5. The number of nitrogens with zero attached hydrogens (tertiary/aromatic N) is 1. The van der Waals surface area contributed by atoms with E-state index >= 15 is 0 Å². The number of Topliss-reactive ketones (excluding diaryl/α,β-unsaturated/α-hetero) is 1. The third-order valence-electron chi connectivity index (χ3n) is 6.81. The van der Waals surface area contributed by atoms with Crippen LogP contribution in [0.5, 0.6) is 0 Å². The van der Waals surface area contributed by atoms with Crippen LogP contribution in [-0.4, -0.2) is 37.4 Å². The Hall–Kier alpha value is -2.14. The molecule has 1 spiro atoms. The van der Waals surface area contributed by atoms with Gasteiger partial charge in [-0.1, -0.05) is 18.2 Å². The van der Waals surface area contributed by atoms with Crippen molar-refractivity contribution in [1.29, 1.82) is 0 Å². The van der Waals surface area contributed by atoms with Gasteiger partial charge in [0.05, 0.1) is 18.3 Å². The van der Waals surface area contributed by atoms with Crippen molar-refractivity contribution >= 4 is 17.4 Å².